The summed E-state index contributed by atoms with van der Waals surface area (Å²) in [6.07, 6.45) is -0.938. The van der Waals surface area contributed by atoms with Gasteiger partial charge in [-0.3, -0.25) is 23.7 Å². The average Bonchev–Trinajstić information content (AvgIpc) is 3.09. The third kappa shape index (κ3) is 5.22. The molecule has 33 heavy (non-hydrogen) atoms. The molecule has 1 heterocycles. The highest BCUT2D eigenvalue weighted by Crippen LogP contribution is 2.32. The molecule has 0 aliphatic carbocycles. The highest BCUT2D eigenvalue weighted by atomic mass is 35.5. The van der Waals surface area contributed by atoms with E-state index in [1.807, 2.05) is 18.2 Å². The second-order valence-corrected chi connectivity index (χ2v) is 8.66. The lowest BCUT2D eigenvalue weighted by Gasteiger charge is -2.23. The van der Waals surface area contributed by atoms with Crippen molar-refractivity contribution in [1.29, 1.82) is 0 Å². The first-order valence-corrected chi connectivity index (χ1v) is 10.8. The predicted molar refractivity (Wildman–Crippen MR) is 123 cm³/mol. The van der Waals surface area contributed by atoms with E-state index < -0.39 is 42.7 Å². The Bertz CT molecular complexity index is 1240. The van der Waals surface area contributed by atoms with Gasteiger partial charge in [-0.15, -0.1) is 0 Å². The number of nitrogens with one attached hydrogen (secondary N) is 1. The molecule has 0 radical (unpaired) electrons. The van der Waals surface area contributed by atoms with Crippen LogP contribution in [0.2, 0.25) is 5.02 Å². The van der Waals surface area contributed by atoms with Crippen LogP contribution >= 0.6 is 11.6 Å². The lowest BCUT2D eigenvalue weighted by molar-refractivity contribution is -0.140. The second-order valence-electron chi connectivity index (χ2n) is 8.22. The lowest BCUT2D eigenvalue weighted by atomic mass is 9.90. The monoisotopic (exact) mass is 474 g/mol. The van der Waals surface area contributed by atoms with E-state index in [0.29, 0.717) is 16.1 Å². The fourth-order valence-electron chi connectivity index (χ4n) is 3.91. The van der Waals surface area contributed by atoms with E-state index in [2.05, 4.69) is 5.32 Å². The summed E-state index contributed by atoms with van der Waals surface area (Å²) in [6, 6.07) is 11.1. The zero-order chi connectivity index (χ0) is 24.3. The minimum Gasteiger partial charge on any atom is -0.481 e. The van der Waals surface area contributed by atoms with Gasteiger partial charge >= 0.3 is 5.97 Å². The van der Waals surface area contributed by atoms with Gasteiger partial charge in [-0.05, 0) is 24.1 Å². The van der Waals surface area contributed by atoms with E-state index in [0.717, 1.165) is 10.8 Å². The van der Waals surface area contributed by atoms with E-state index in [1.54, 1.807) is 38.1 Å². The van der Waals surface area contributed by atoms with Crippen molar-refractivity contribution >= 4 is 57.0 Å². The Hall–Kier alpha value is -3.26. The molecule has 2 aromatic carbocycles. The molecule has 0 bridgehead atoms. The standard InChI is InChI=1S/C24H24ClFN2O5/c1-13(2)17(24(33)27-18(11-23(31)32)21(29)12-26)10-22(30)28-19-6-4-3-5-15(19)16-8-7-14(25)9-20(16)28/h3-9,13,17-18H,10-12H2,1-2H3,(H,27,33)(H,31,32)/t17-,18?/m0/s1. The molecule has 2 N–H and O–H groups in total. The van der Waals surface area contributed by atoms with Crippen LogP contribution in [-0.2, 0) is 14.4 Å². The van der Waals surface area contributed by atoms with Gasteiger partial charge in [0.25, 0.3) is 0 Å². The van der Waals surface area contributed by atoms with Crippen LogP contribution in [0.25, 0.3) is 21.8 Å². The number of nitrogens with zero attached hydrogens (tertiary/aromatic N) is 1. The molecule has 0 fully saturated rings. The molecule has 0 aliphatic rings. The van der Waals surface area contributed by atoms with Crippen LogP contribution in [-0.4, -0.2) is 46.0 Å². The molecular formula is C24H24ClFN2O5. The molecule has 0 spiro atoms. The quantitative estimate of drug-likeness (QED) is 0.482. The van der Waals surface area contributed by atoms with Gasteiger partial charge in [-0.2, -0.15) is 0 Å². The Balaban J connectivity index is 1.94. The number of hydrogen-bond acceptors (Lipinski definition) is 4. The van der Waals surface area contributed by atoms with Crippen LogP contribution < -0.4 is 5.32 Å². The normalized spacial score (nSPS) is 13.2. The van der Waals surface area contributed by atoms with Crippen molar-refractivity contribution in [2.24, 2.45) is 11.8 Å². The van der Waals surface area contributed by atoms with E-state index >= 15 is 0 Å². The molecule has 2 atom stereocenters. The number of carboxylic acids is 1. The molecule has 1 amide bonds. The van der Waals surface area contributed by atoms with E-state index in [4.69, 9.17) is 16.7 Å². The smallest absolute Gasteiger partial charge is 0.305 e. The average molecular weight is 475 g/mol. The Kier molecular flexibility index (Phi) is 7.48. The summed E-state index contributed by atoms with van der Waals surface area (Å²) in [5.41, 5.74) is 1.27. The van der Waals surface area contributed by atoms with Crippen LogP contribution in [0.4, 0.5) is 4.39 Å². The Morgan fingerprint density at radius 3 is 2.33 bits per heavy atom. The number of rotatable bonds is 9. The molecule has 0 aliphatic heterocycles. The van der Waals surface area contributed by atoms with Gasteiger partial charge in [0.1, 0.15) is 12.7 Å². The summed E-state index contributed by atoms with van der Waals surface area (Å²) < 4.78 is 14.4. The molecule has 9 heteroatoms. The maximum Gasteiger partial charge on any atom is 0.305 e. The van der Waals surface area contributed by atoms with Gasteiger partial charge in [0.2, 0.25) is 11.8 Å². The first-order chi connectivity index (χ1) is 15.6. The zero-order valence-corrected chi connectivity index (χ0v) is 18.9. The third-order valence-electron chi connectivity index (χ3n) is 5.64. The van der Waals surface area contributed by atoms with Crippen molar-refractivity contribution in [2.75, 3.05) is 6.67 Å². The van der Waals surface area contributed by atoms with E-state index in [-0.39, 0.29) is 18.2 Å². The Morgan fingerprint density at radius 1 is 1.03 bits per heavy atom. The van der Waals surface area contributed by atoms with Gasteiger partial charge in [0, 0.05) is 28.1 Å². The van der Waals surface area contributed by atoms with Gasteiger partial charge in [0.05, 0.1) is 17.5 Å². The van der Waals surface area contributed by atoms with E-state index in [1.165, 1.54) is 4.57 Å². The summed E-state index contributed by atoms with van der Waals surface area (Å²) in [5, 5.41) is 13.5. The molecule has 0 saturated heterocycles. The number of aromatic nitrogens is 1. The summed E-state index contributed by atoms with van der Waals surface area (Å²) in [5.74, 6) is -4.58. The molecule has 1 aromatic heterocycles. The van der Waals surface area contributed by atoms with Crippen LogP contribution in [0, 0.1) is 11.8 Å². The Labute approximate surface area is 194 Å². The van der Waals surface area contributed by atoms with Crippen LogP contribution in [0.3, 0.4) is 0 Å². The number of para-hydroxylation sites is 1. The molecular weight excluding hydrogens is 451 g/mol. The summed E-state index contributed by atoms with van der Waals surface area (Å²) in [6.45, 7) is 2.08. The number of ketones is 1. The van der Waals surface area contributed by atoms with Gasteiger partial charge in [0.15, 0.2) is 5.78 Å². The molecule has 1 unspecified atom stereocenters. The maximum absolute atomic E-state index is 13.4. The van der Waals surface area contributed by atoms with Crippen molar-refractivity contribution in [1.82, 2.24) is 9.88 Å². The number of alkyl halides is 1. The number of Topliss-reactive ketones (excluding diaryl/α,β-unsaturated/α-hetero) is 1. The molecule has 7 nitrogen and oxygen atoms in total. The summed E-state index contributed by atoms with van der Waals surface area (Å²) >= 11 is 6.17. The number of amides is 1. The maximum atomic E-state index is 13.4. The number of carbonyl (C=O) groups excluding carboxylic acids is 3. The number of halogens is 2. The van der Waals surface area contributed by atoms with Crippen molar-refractivity contribution in [2.45, 2.75) is 32.7 Å². The van der Waals surface area contributed by atoms with Crippen molar-refractivity contribution in [3.8, 4) is 0 Å². The predicted octanol–water partition coefficient (Wildman–Crippen LogP) is 4.25. The fourth-order valence-corrected chi connectivity index (χ4v) is 4.08. The molecule has 0 saturated carbocycles. The number of hydrogen-bond donors (Lipinski definition) is 2. The highest BCUT2D eigenvalue weighted by Gasteiger charge is 2.31. The topological polar surface area (TPSA) is 105 Å². The van der Waals surface area contributed by atoms with Crippen LogP contribution in [0.1, 0.15) is 31.5 Å². The number of carbonyl (C=O) groups is 4. The van der Waals surface area contributed by atoms with Crippen molar-refractivity contribution < 1.29 is 28.7 Å². The SMILES string of the molecule is CC(C)[C@H](CC(=O)n1c2ccccc2c2ccc(Cl)cc21)C(=O)NC(CC(=O)O)C(=O)CF. The summed E-state index contributed by atoms with van der Waals surface area (Å²) in [4.78, 5) is 49.2. The molecule has 3 rings (SSSR count). The van der Waals surface area contributed by atoms with Gasteiger partial charge < -0.3 is 10.4 Å². The largest absolute Gasteiger partial charge is 0.481 e. The Morgan fingerprint density at radius 2 is 1.70 bits per heavy atom. The van der Waals surface area contributed by atoms with Crippen molar-refractivity contribution in [3.63, 3.8) is 0 Å². The van der Waals surface area contributed by atoms with Gasteiger partial charge in [-0.1, -0.05) is 49.7 Å². The molecule has 174 valence electrons. The number of benzene rings is 2. The fraction of sp³-hybridized carbons (Fsp3) is 0.333. The highest BCUT2D eigenvalue weighted by molar-refractivity contribution is 6.31. The van der Waals surface area contributed by atoms with E-state index in [9.17, 15) is 23.6 Å². The molecule has 3 aromatic rings. The number of aliphatic carboxylic acids is 1. The number of carboxylic acid groups (broad SMARTS) is 1. The van der Waals surface area contributed by atoms with Crippen molar-refractivity contribution in [3.05, 3.63) is 47.5 Å². The number of fused-ring (bicyclic) bond motifs is 3. The zero-order valence-electron chi connectivity index (χ0n) is 18.2. The lowest BCUT2D eigenvalue weighted by Crippen LogP contribution is -2.47. The first kappa shape index (κ1) is 24.4. The minimum absolute atomic E-state index is 0.201. The first-order valence-electron chi connectivity index (χ1n) is 10.5. The third-order valence-corrected chi connectivity index (χ3v) is 5.87. The van der Waals surface area contributed by atoms with Crippen LogP contribution in [0.15, 0.2) is 42.5 Å². The summed E-state index contributed by atoms with van der Waals surface area (Å²) in [7, 11) is 0. The van der Waals surface area contributed by atoms with Crippen LogP contribution in [0.5, 0.6) is 0 Å². The van der Waals surface area contributed by atoms with Gasteiger partial charge in [-0.25, -0.2) is 4.39 Å². The second kappa shape index (κ2) is 10.1. The minimum atomic E-state index is -1.50.